The number of aryl methyl sites for hydroxylation is 2. The van der Waals surface area contributed by atoms with Gasteiger partial charge in [0.2, 0.25) is 0 Å². The number of benzene rings is 1. The molecule has 1 saturated heterocycles. The molecule has 0 saturated carbocycles. The first-order valence-electron chi connectivity index (χ1n) is 7.58. The average molecular weight is 400 g/mol. The highest BCUT2D eigenvalue weighted by Crippen LogP contribution is 2.24. The van der Waals surface area contributed by atoms with Crippen molar-refractivity contribution in [2.75, 3.05) is 32.0 Å². The van der Waals surface area contributed by atoms with Crippen molar-refractivity contribution < 1.29 is 0 Å². The molecule has 1 aliphatic heterocycles. The molecule has 1 unspecified atom stereocenters. The van der Waals surface area contributed by atoms with Crippen molar-refractivity contribution in [3.63, 3.8) is 0 Å². The Balaban J connectivity index is 0.00000161. The number of likely N-dealkylation sites (tertiary alicyclic amines) is 1. The van der Waals surface area contributed by atoms with E-state index in [0.29, 0.717) is 11.9 Å². The third kappa shape index (κ3) is 4.32. The van der Waals surface area contributed by atoms with E-state index in [0.717, 1.165) is 18.8 Å². The SMILES string of the molecule is CN1CCC(CN=C(N)Nc2ccc3c(c2)CCC3)C1.I. The van der Waals surface area contributed by atoms with Crippen LogP contribution in [0, 0.1) is 5.92 Å². The maximum absolute atomic E-state index is 5.99. The monoisotopic (exact) mass is 400 g/mol. The second-order valence-electron chi connectivity index (χ2n) is 6.10. The summed E-state index contributed by atoms with van der Waals surface area (Å²) in [6.07, 6.45) is 4.91. The van der Waals surface area contributed by atoms with Gasteiger partial charge < -0.3 is 16.0 Å². The summed E-state index contributed by atoms with van der Waals surface area (Å²) in [5.41, 5.74) is 10.00. The molecule has 1 aromatic carbocycles. The number of rotatable bonds is 3. The van der Waals surface area contributed by atoms with Gasteiger partial charge in [-0.1, -0.05) is 6.07 Å². The Morgan fingerprint density at radius 3 is 2.95 bits per heavy atom. The van der Waals surface area contributed by atoms with E-state index >= 15 is 0 Å². The van der Waals surface area contributed by atoms with E-state index in [2.05, 4.69) is 40.5 Å². The third-order valence-corrected chi connectivity index (χ3v) is 4.38. The first kappa shape index (κ1) is 16.5. The van der Waals surface area contributed by atoms with Gasteiger partial charge in [0.05, 0.1) is 0 Å². The Kier molecular flexibility index (Phi) is 5.87. The van der Waals surface area contributed by atoms with Crippen LogP contribution in [-0.2, 0) is 12.8 Å². The summed E-state index contributed by atoms with van der Waals surface area (Å²) in [7, 11) is 2.16. The summed E-state index contributed by atoms with van der Waals surface area (Å²) in [6, 6.07) is 6.54. The smallest absolute Gasteiger partial charge is 0.193 e. The van der Waals surface area contributed by atoms with Gasteiger partial charge in [0.1, 0.15) is 0 Å². The van der Waals surface area contributed by atoms with Gasteiger partial charge in [-0.05, 0) is 68.5 Å². The lowest BCUT2D eigenvalue weighted by molar-refractivity contribution is 0.397. The highest BCUT2D eigenvalue weighted by molar-refractivity contribution is 14.0. The van der Waals surface area contributed by atoms with Crippen molar-refractivity contribution in [3.05, 3.63) is 29.3 Å². The van der Waals surface area contributed by atoms with Gasteiger partial charge in [-0.15, -0.1) is 24.0 Å². The number of hydrogen-bond donors (Lipinski definition) is 2. The maximum atomic E-state index is 5.99. The lowest BCUT2D eigenvalue weighted by atomic mass is 10.1. The zero-order chi connectivity index (χ0) is 13.9. The fraction of sp³-hybridized carbons (Fsp3) is 0.562. The van der Waals surface area contributed by atoms with Gasteiger partial charge in [0, 0.05) is 18.8 Å². The Labute approximate surface area is 144 Å². The zero-order valence-electron chi connectivity index (χ0n) is 12.6. The average Bonchev–Trinajstić information content (AvgIpc) is 3.04. The van der Waals surface area contributed by atoms with E-state index in [9.17, 15) is 0 Å². The van der Waals surface area contributed by atoms with E-state index in [1.54, 1.807) is 0 Å². The highest BCUT2D eigenvalue weighted by atomic mass is 127. The zero-order valence-corrected chi connectivity index (χ0v) is 15.0. The van der Waals surface area contributed by atoms with Crippen LogP contribution in [0.4, 0.5) is 5.69 Å². The number of anilines is 1. The molecule has 3 N–H and O–H groups in total. The molecule has 5 heteroatoms. The number of guanidine groups is 1. The molecule has 4 nitrogen and oxygen atoms in total. The Hall–Kier alpha value is -0.820. The minimum atomic E-state index is 0. The Bertz CT molecular complexity index is 515. The number of fused-ring (bicyclic) bond motifs is 1. The first-order valence-corrected chi connectivity index (χ1v) is 7.58. The van der Waals surface area contributed by atoms with E-state index in [1.165, 1.54) is 43.4 Å². The summed E-state index contributed by atoms with van der Waals surface area (Å²) in [5.74, 6) is 1.19. The van der Waals surface area contributed by atoms with E-state index in [4.69, 9.17) is 5.73 Å². The summed E-state index contributed by atoms with van der Waals surface area (Å²) in [6.45, 7) is 3.14. The van der Waals surface area contributed by atoms with Crippen LogP contribution in [0.15, 0.2) is 23.2 Å². The lowest BCUT2D eigenvalue weighted by Crippen LogP contribution is -2.24. The summed E-state index contributed by atoms with van der Waals surface area (Å²) < 4.78 is 0. The van der Waals surface area contributed by atoms with Crippen molar-refractivity contribution in [2.24, 2.45) is 16.6 Å². The predicted molar refractivity (Wildman–Crippen MR) is 99.6 cm³/mol. The molecule has 3 rings (SSSR count). The molecule has 0 bridgehead atoms. The summed E-state index contributed by atoms with van der Waals surface area (Å²) >= 11 is 0. The summed E-state index contributed by atoms with van der Waals surface area (Å²) in [4.78, 5) is 6.84. The molecule has 1 aromatic rings. The number of aliphatic imine (C=N–C) groups is 1. The highest BCUT2D eigenvalue weighted by Gasteiger charge is 2.18. The van der Waals surface area contributed by atoms with E-state index in [1.807, 2.05) is 0 Å². The molecule has 21 heavy (non-hydrogen) atoms. The Morgan fingerprint density at radius 2 is 2.19 bits per heavy atom. The normalized spacial score (nSPS) is 22.0. The lowest BCUT2D eigenvalue weighted by Gasteiger charge is -2.10. The molecule has 0 aromatic heterocycles. The second-order valence-corrected chi connectivity index (χ2v) is 6.10. The fourth-order valence-electron chi connectivity index (χ4n) is 3.24. The summed E-state index contributed by atoms with van der Waals surface area (Å²) in [5, 5.41) is 3.22. The van der Waals surface area contributed by atoms with E-state index < -0.39 is 0 Å². The molecule has 0 radical (unpaired) electrons. The molecule has 0 spiro atoms. The van der Waals surface area contributed by atoms with Crippen LogP contribution in [0.1, 0.15) is 24.0 Å². The molecule has 116 valence electrons. The van der Waals surface area contributed by atoms with Crippen LogP contribution >= 0.6 is 24.0 Å². The Morgan fingerprint density at radius 1 is 1.38 bits per heavy atom. The molecule has 0 amide bonds. The van der Waals surface area contributed by atoms with Gasteiger partial charge in [-0.25, -0.2) is 0 Å². The molecular weight excluding hydrogens is 375 g/mol. The molecule has 1 atom stereocenters. The fourth-order valence-corrected chi connectivity index (χ4v) is 3.24. The van der Waals surface area contributed by atoms with Crippen LogP contribution in [0.2, 0.25) is 0 Å². The number of nitrogens with zero attached hydrogens (tertiary/aromatic N) is 2. The minimum absolute atomic E-state index is 0. The van der Waals surface area contributed by atoms with Gasteiger partial charge in [-0.3, -0.25) is 4.99 Å². The molecule has 1 fully saturated rings. The van der Waals surface area contributed by atoms with Crippen molar-refractivity contribution in [1.29, 1.82) is 0 Å². The number of nitrogens with one attached hydrogen (secondary N) is 1. The molecule has 1 aliphatic carbocycles. The van der Waals surface area contributed by atoms with Crippen molar-refractivity contribution in [3.8, 4) is 0 Å². The van der Waals surface area contributed by atoms with Gasteiger partial charge in [-0.2, -0.15) is 0 Å². The second kappa shape index (κ2) is 7.45. The van der Waals surface area contributed by atoms with Crippen molar-refractivity contribution in [1.82, 2.24) is 4.90 Å². The number of hydrogen-bond acceptors (Lipinski definition) is 2. The largest absolute Gasteiger partial charge is 0.370 e. The first-order chi connectivity index (χ1) is 9.70. The number of halogens is 1. The van der Waals surface area contributed by atoms with Gasteiger partial charge in [0.15, 0.2) is 5.96 Å². The van der Waals surface area contributed by atoms with Crippen LogP contribution in [-0.4, -0.2) is 37.5 Å². The van der Waals surface area contributed by atoms with Crippen LogP contribution in [0.3, 0.4) is 0 Å². The quantitative estimate of drug-likeness (QED) is 0.466. The van der Waals surface area contributed by atoms with E-state index in [-0.39, 0.29) is 24.0 Å². The molecule has 1 heterocycles. The number of nitrogens with two attached hydrogens (primary N) is 1. The molecule has 2 aliphatic rings. The third-order valence-electron chi connectivity index (χ3n) is 4.38. The van der Waals surface area contributed by atoms with Gasteiger partial charge in [0.25, 0.3) is 0 Å². The minimum Gasteiger partial charge on any atom is -0.370 e. The van der Waals surface area contributed by atoms with Crippen LogP contribution in [0.5, 0.6) is 0 Å². The molecular formula is C16H25IN4. The van der Waals surface area contributed by atoms with Gasteiger partial charge >= 0.3 is 0 Å². The predicted octanol–water partition coefficient (Wildman–Crippen LogP) is 2.47. The van der Waals surface area contributed by atoms with Crippen molar-refractivity contribution in [2.45, 2.75) is 25.7 Å². The van der Waals surface area contributed by atoms with Crippen LogP contribution < -0.4 is 11.1 Å². The van der Waals surface area contributed by atoms with Crippen LogP contribution in [0.25, 0.3) is 0 Å². The standard InChI is InChI=1S/C16H24N4.HI/c1-20-8-7-12(11-20)10-18-16(17)19-15-6-5-13-3-2-4-14(13)9-15;/h5-6,9,12H,2-4,7-8,10-11H2,1H3,(H3,17,18,19);1H. The van der Waals surface area contributed by atoms with Crippen molar-refractivity contribution >= 4 is 35.6 Å². The topological polar surface area (TPSA) is 53.6 Å². The maximum Gasteiger partial charge on any atom is 0.193 e.